The van der Waals surface area contributed by atoms with E-state index in [4.69, 9.17) is 16.3 Å². The first kappa shape index (κ1) is 21.8. The average molecular weight is 470 g/mol. The minimum Gasteiger partial charge on any atom is -0.444 e. The molecule has 8 nitrogen and oxygen atoms in total. The molecule has 148 valence electrons. The van der Waals surface area contributed by atoms with Crippen molar-refractivity contribution in [2.75, 3.05) is 10.6 Å². The molecule has 0 bridgehead atoms. The Kier molecular flexibility index (Phi) is 7.09. The zero-order chi connectivity index (χ0) is 20.9. The summed E-state index contributed by atoms with van der Waals surface area (Å²) in [6, 6.07) is 7.68. The highest BCUT2D eigenvalue weighted by atomic mass is 79.9. The molecule has 1 heterocycles. The number of nitrogens with zero attached hydrogens (tertiary/aromatic N) is 2. The fraction of sp³-hybridized carbons (Fsp3) is 0.278. The van der Waals surface area contributed by atoms with E-state index >= 15 is 0 Å². The van der Waals surface area contributed by atoms with Crippen LogP contribution in [-0.2, 0) is 9.53 Å². The molecule has 0 saturated carbocycles. The van der Waals surface area contributed by atoms with Crippen molar-refractivity contribution in [1.82, 2.24) is 10.2 Å². The van der Waals surface area contributed by atoms with Crippen LogP contribution in [0, 0.1) is 0 Å². The van der Waals surface area contributed by atoms with Gasteiger partial charge in [0.2, 0.25) is 5.91 Å². The van der Waals surface area contributed by atoms with E-state index in [2.05, 4.69) is 36.8 Å². The summed E-state index contributed by atoms with van der Waals surface area (Å²) in [7, 11) is 0. The van der Waals surface area contributed by atoms with Gasteiger partial charge >= 0.3 is 6.09 Å². The van der Waals surface area contributed by atoms with Gasteiger partial charge in [0.15, 0.2) is 10.9 Å². The molecule has 2 rings (SSSR count). The van der Waals surface area contributed by atoms with Crippen molar-refractivity contribution < 1.29 is 19.1 Å². The summed E-state index contributed by atoms with van der Waals surface area (Å²) in [4.78, 5) is 36.4. The lowest BCUT2D eigenvalue weighted by atomic mass is 10.2. The van der Waals surface area contributed by atoms with Gasteiger partial charge in [-0.1, -0.05) is 27.5 Å². The van der Waals surface area contributed by atoms with Crippen LogP contribution < -0.4 is 10.6 Å². The van der Waals surface area contributed by atoms with Crippen LogP contribution in [0.4, 0.5) is 16.2 Å². The van der Waals surface area contributed by atoms with E-state index in [1.807, 2.05) is 0 Å². The van der Waals surface area contributed by atoms with Crippen molar-refractivity contribution >= 4 is 56.7 Å². The number of halogens is 2. The van der Waals surface area contributed by atoms with Gasteiger partial charge in [-0.3, -0.25) is 14.9 Å². The van der Waals surface area contributed by atoms with Crippen LogP contribution >= 0.6 is 27.5 Å². The summed E-state index contributed by atoms with van der Waals surface area (Å²) in [6.45, 7) is 5.21. The number of Topliss-reactive ketones (excluding diaryl/α,β-unsaturated/α-hetero) is 1. The molecule has 2 aromatic rings. The quantitative estimate of drug-likeness (QED) is 0.494. The van der Waals surface area contributed by atoms with Gasteiger partial charge in [0.05, 0.1) is 17.8 Å². The van der Waals surface area contributed by atoms with Gasteiger partial charge in [-0.2, -0.15) is 0 Å². The van der Waals surface area contributed by atoms with Gasteiger partial charge in [-0.15, -0.1) is 10.2 Å². The zero-order valence-corrected chi connectivity index (χ0v) is 17.7. The Labute approximate surface area is 175 Å². The van der Waals surface area contributed by atoms with E-state index in [1.165, 1.54) is 12.1 Å². The fourth-order valence-electron chi connectivity index (χ4n) is 2.04. The van der Waals surface area contributed by atoms with Gasteiger partial charge in [0.1, 0.15) is 11.3 Å². The number of carbonyl (C=O) groups is 3. The Bertz CT molecular complexity index is 897. The molecule has 0 aliphatic rings. The first-order chi connectivity index (χ1) is 13.0. The first-order valence-electron chi connectivity index (χ1n) is 8.15. The summed E-state index contributed by atoms with van der Waals surface area (Å²) < 4.78 is 5.88. The zero-order valence-electron chi connectivity index (χ0n) is 15.4. The molecule has 0 aliphatic carbocycles. The SMILES string of the molecule is CC(C)(C)OC(=O)Nc1ccc(Br)cc1NC(=O)CC(=O)c1ccc(Cl)nn1. The van der Waals surface area contributed by atoms with E-state index in [9.17, 15) is 14.4 Å². The highest BCUT2D eigenvalue weighted by Crippen LogP contribution is 2.27. The topological polar surface area (TPSA) is 110 Å². The highest BCUT2D eigenvalue weighted by molar-refractivity contribution is 9.10. The summed E-state index contributed by atoms with van der Waals surface area (Å²) in [6.07, 6.45) is -1.12. The van der Waals surface area contributed by atoms with Crippen LogP contribution in [0.3, 0.4) is 0 Å². The molecule has 0 spiro atoms. The fourth-order valence-corrected chi connectivity index (χ4v) is 2.50. The van der Waals surface area contributed by atoms with E-state index in [1.54, 1.807) is 39.0 Å². The van der Waals surface area contributed by atoms with E-state index in [-0.39, 0.29) is 10.8 Å². The van der Waals surface area contributed by atoms with Crippen LogP contribution in [-0.4, -0.2) is 33.6 Å². The third-order valence-electron chi connectivity index (χ3n) is 3.13. The second kappa shape index (κ2) is 9.11. The number of hydrogen-bond donors (Lipinski definition) is 2. The van der Waals surface area contributed by atoms with Crippen molar-refractivity contribution in [2.24, 2.45) is 0 Å². The van der Waals surface area contributed by atoms with Crippen LogP contribution in [0.25, 0.3) is 0 Å². The highest BCUT2D eigenvalue weighted by Gasteiger charge is 2.19. The normalized spacial score (nSPS) is 10.9. The smallest absolute Gasteiger partial charge is 0.412 e. The van der Waals surface area contributed by atoms with Crippen molar-refractivity contribution in [3.63, 3.8) is 0 Å². The Morgan fingerprint density at radius 1 is 1.07 bits per heavy atom. The number of anilines is 2. The van der Waals surface area contributed by atoms with Crippen molar-refractivity contribution in [3.05, 3.63) is 45.7 Å². The number of ketones is 1. The molecule has 0 radical (unpaired) electrons. The van der Waals surface area contributed by atoms with Crippen LogP contribution in [0.5, 0.6) is 0 Å². The summed E-state index contributed by atoms with van der Waals surface area (Å²) in [5, 5.41) is 12.5. The molecule has 0 aliphatic heterocycles. The second-order valence-electron chi connectivity index (χ2n) is 6.71. The van der Waals surface area contributed by atoms with Crippen molar-refractivity contribution in [1.29, 1.82) is 0 Å². The van der Waals surface area contributed by atoms with Crippen molar-refractivity contribution in [2.45, 2.75) is 32.8 Å². The molecule has 2 N–H and O–H groups in total. The average Bonchev–Trinajstić information content (AvgIpc) is 2.56. The van der Waals surface area contributed by atoms with Crippen LogP contribution in [0.2, 0.25) is 5.15 Å². The standard InChI is InChI=1S/C18H18BrClN4O4/c1-18(2,3)28-17(27)22-11-5-4-10(19)8-13(11)21-16(26)9-14(25)12-6-7-15(20)24-23-12/h4-8H,9H2,1-3H3,(H,21,26)(H,22,27). The minimum absolute atomic E-state index is 0.0286. The third-order valence-corrected chi connectivity index (χ3v) is 3.82. The Hall–Kier alpha value is -2.52. The van der Waals surface area contributed by atoms with Gasteiger partial charge < -0.3 is 10.1 Å². The maximum absolute atomic E-state index is 12.3. The third kappa shape index (κ3) is 6.90. The van der Waals surface area contributed by atoms with E-state index in [0.717, 1.165) is 0 Å². The second-order valence-corrected chi connectivity index (χ2v) is 8.01. The summed E-state index contributed by atoms with van der Waals surface area (Å²) in [5.41, 5.74) is -0.0137. The summed E-state index contributed by atoms with van der Waals surface area (Å²) in [5.74, 6) is -1.09. The number of aromatic nitrogens is 2. The predicted octanol–water partition coefficient (Wildman–Crippen LogP) is 4.45. The minimum atomic E-state index is -0.672. The molecule has 0 saturated heterocycles. The Balaban J connectivity index is 2.08. The van der Waals surface area contributed by atoms with E-state index in [0.29, 0.717) is 15.8 Å². The molecule has 1 aromatic carbocycles. The number of carbonyl (C=O) groups excluding carboxylic acids is 3. The van der Waals surface area contributed by atoms with Gasteiger partial charge in [0, 0.05) is 4.47 Å². The summed E-state index contributed by atoms with van der Waals surface area (Å²) >= 11 is 8.93. The van der Waals surface area contributed by atoms with Gasteiger partial charge in [0.25, 0.3) is 0 Å². The molecule has 28 heavy (non-hydrogen) atoms. The molecule has 0 atom stereocenters. The van der Waals surface area contributed by atoms with Gasteiger partial charge in [-0.05, 0) is 51.1 Å². The lowest BCUT2D eigenvalue weighted by molar-refractivity contribution is -0.115. The Morgan fingerprint density at radius 3 is 2.39 bits per heavy atom. The molecule has 2 amide bonds. The molecule has 0 unspecified atom stereocenters. The molecular formula is C18H18BrClN4O4. The maximum atomic E-state index is 12.3. The predicted molar refractivity (Wildman–Crippen MR) is 109 cm³/mol. The first-order valence-corrected chi connectivity index (χ1v) is 9.32. The van der Waals surface area contributed by atoms with Crippen molar-refractivity contribution in [3.8, 4) is 0 Å². The molecule has 1 aromatic heterocycles. The number of hydrogen-bond acceptors (Lipinski definition) is 6. The monoisotopic (exact) mass is 468 g/mol. The number of nitrogens with one attached hydrogen (secondary N) is 2. The molecule has 10 heteroatoms. The van der Waals surface area contributed by atoms with E-state index < -0.39 is 29.8 Å². The largest absolute Gasteiger partial charge is 0.444 e. The van der Waals surface area contributed by atoms with Gasteiger partial charge in [-0.25, -0.2) is 4.79 Å². The number of benzene rings is 1. The number of rotatable bonds is 5. The molecular weight excluding hydrogens is 452 g/mol. The maximum Gasteiger partial charge on any atom is 0.412 e. The van der Waals surface area contributed by atoms with Crippen LogP contribution in [0.15, 0.2) is 34.8 Å². The molecule has 0 fully saturated rings. The number of amides is 2. The number of ether oxygens (including phenoxy) is 1. The lowest BCUT2D eigenvalue weighted by Crippen LogP contribution is -2.27. The van der Waals surface area contributed by atoms with Crippen LogP contribution in [0.1, 0.15) is 37.7 Å². The Morgan fingerprint density at radius 2 is 1.79 bits per heavy atom. The lowest BCUT2D eigenvalue weighted by Gasteiger charge is -2.20.